The summed E-state index contributed by atoms with van der Waals surface area (Å²) in [5.41, 5.74) is -0.489. The van der Waals surface area contributed by atoms with Gasteiger partial charge in [-0.2, -0.15) is 5.10 Å². The van der Waals surface area contributed by atoms with E-state index in [0.717, 1.165) is 50.5 Å². The summed E-state index contributed by atoms with van der Waals surface area (Å²) in [5, 5.41) is 13.8. The van der Waals surface area contributed by atoms with Crippen LogP contribution >= 0.6 is 0 Å². The normalized spacial score (nSPS) is 13.3. The fourth-order valence-electron chi connectivity index (χ4n) is 4.71. The third-order valence-corrected chi connectivity index (χ3v) is 7.01. The number of morpholine rings is 1. The van der Waals surface area contributed by atoms with Crippen molar-refractivity contribution in [2.45, 2.75) is 6.42 Å². The highest BCUT2D eigenvalue weighted by molar-refractivity contribution is 6.12. The predicted octanol–water partition coefficient (Wildman–Crippen LogP) is 4.45. The van der Waals surface area contributed by atoms with E-state index in [1.165, 1.54) is 24.3 Å². The average molecular weight is 607 g/mol. The number of rotatable bonds is 10. The molecular weight excluding hydrogens is 577 g/mol. The van der Waals surface area contributed by atoms with E-state index in [-0.39, 0.29) is 39.7 Å². The number of hydrogen-bond acceptors (Lipinski definition) is 6. The number of ether oxygens (including phenoxy) is 1. The monoisotopic (exact) mass is 606 g/mol. The van der Waals surface area contributed by atoms with E-state index in [9.17, 15) is 23.2 Å². The first kappa shape index (κ1) is 30.4. The second-order valence-corrected chi connectivity index (χ2v) is 10.0. The Labute approximate surface area is 250 Å². The van der Waals surface area contributed by atoms with Crippen molar-refractivity contribution in [3.63, 3.8) is 0 Å². The summed E-state index contributed by atoms with van der Waals surface area (Å²) in [6.45, 7) is 4.39. The van der Waals surface area contributed by atoms with Gasteiger partial charge in [-0.15, -0.1) is 0 Å². The number of H-pyrrole nitrogens is 1. The molecule has 0 saturated carbocycles. The van der Waals surface area contributed by atoms with Gasteiger partial charge >= 0.3 is 0 Å². The van der Waals surface area contributed by atoms with Crippen LogP contribution in [0.5, 0.6) is 0 Å². The molecule has 1 aromatic heterocycles. The van der Waals surface area contributed by atoms with Gasteiger partial charge in [-0.3, -0.25) is 24.4 Å². The van der Waals surface area contributed by atoms with Crippen molar-refractivity contribution in [2.75, 3.05) is 50.0 Å². The van der Waals surface area contributed by atoms with Crippen molar-refractivity contribution >= 4 is 29.1 Å². The van der Waals surface area contributed by atoms with Crippen molar-refractivity contribution in [3.8, 4) is 11.1 Å². The van der Waals surface area contributed by atoms with Gasteiger partial charge in [0, 0.05) is 36.4 Å². The topological polar surface area (TPSA) is 128 Å². The molecule has 2 heterocycles. The Kier molecular flexibility index (Phi) is 9.67. The molecule has 5 rings (SSSR count). The summed E-state index contributed by atoms with van der Waals surface area (Å²) in [6, 6.07) is 13.3. The average Bonchev–Trinajstić information content (AvgIpc) is 3.49. The maximum Gasteiger partial charge on any atom is 0.275 e. The molecule has 0 spiro atoms. The fraction of sp³-hybridized carbons (Fsp3) is 0.226. The zero-order valence-electron chi connectivity index (χ0n) is 23.5. The van der Waals surface area contributed by atoms with E-state index < -0.39 is 34.8 Å². The van der Waals surface area contributed by atoms with E-state index >= 15 is 4.39 Å². The molecule has 1 aliphatic heterocycles. The number of benzene rings is 3. The van der Waals surface area contributed by atoms with Crippen LogP contribution in [0.3, 0.4) is 0 Å². The Balaban J connectivity index is 1.27. The number of hydrogen-bond donors (Lipinski definition) is 4. The third-order valence-electron chi connectivity index (χ3n) is 7.01. The quantitative estimate of drug-likeness (QED) is 0.198. The van der Waals surface area contributed by atoms with E-state index in [1.807, 2.05) is 0 Å². The molecule has 0 atom stereocenters. The van der Waals surface area contributed by atoms with E-state index in [0.29, 0.717) is 19.8 Å². The lowest BCUT2D eigenvalue weighted by Crippen LogP contribution is -2.38. The lowest BCUT2D eigenvalue weighted by atomic mass is 9.99. The van der Waals surface area contributed by atoms with Crippen LogP contribution in [0.1, 0.15) is 37.6 Å². The first-order valence-corrected chi connectivity index (χ1v) is 13.9. The molecule has 4 aromatic rings. The number of aromatic nitrogens is 2. The van der Waals surface area contributed by atoms with E-state index in [2.05, 4.69) is 31.0 Å². The molecular formula is C31H29F3N6O4. The number of nitrogens with one attached hydrogen (secondary N) is 4. The highest BCUT2D eigenvalue weighted by Gasteiger charge is 2.24. The first-order chi connectivity index (χ1) is 21.3. The van der Waals surface area contributed by atoms with Crippen LogP contribution in [0, 0.1) is 17.5 Å². The summed E-state index contributed by atoms with van der Waals surface area (Å²) in [4.78, 5) is 40.8. The molecule has 3 aromatic carbocycles. The van der Waals surface area contributed by atoms with Crippen LogP contribution in [0.25, 0.3) is 11.1 Å². The molecule has 0 radical (unpaired) electrons. The molecule has 10 nitrogen and oxygen atoms in total. The molecule has 1 aliphatic rings. The summed E-state index contributed by atoms with van der Waals surface area (Å²) < 4.78 is 49.0. The maximum atomic E-state index is 15.7. The molecule has 1 fully saturated rings. The SMILES string of the molecule is O=C(NCCCN1CCOCC1)c1cccc(-c2ccc(F)c(C(=O)Nc3cn[nH]c3C(=O)Nc3ccc(F)cc3)c2F)c1. The number of carbonyl (C=O) groups is 3. The zero-order valence-corrected chi connectivity index (χ0v) is 23.5. The van der Waals surface area contributed by atoms with Crippen molar-refractivity contribution in [3.05, 3.63) is 101 Å². The van der Waals surface area contributed by atoms with Gasteiger partial charge in [-0.1, -0.05) is 12.1 Å². The number of nitrogens with zero attached hydrogens (tertiary/aromatic N) is 2. The highest BCUT2D eigenvalue weighted by atomic mass is 19.1. The Morgan fingerprint density at radius 3 is 2.45 bits per heavy atom. The molecule has 1 saturated heterocycles. The summed E-state index contributed by atoms with van der Waals surface area (Å²) in [6.07, 6.45) is 1.86. The second-order valence-electron chi connectivity index (χ2n) is 10.0. The molecule has 228 valence electrons. The molecule has 44 heavy (non-hydrogen) atoms. The lowest BCUT2D eigenvalue weighted by molar-refractivity contribution is 0.0374. The summed E-state index contributed by atoms with van der Waals surface area (Å²) in [7, 11) is 0. The van der Waals surface area contributed by atoms with Crippen molar-refractivity contribution in [1.82, 2.24) is 20.4 Å². The Hall–Kier alpha value is -5.01. The van der Waals surface area contributed by atoms with E-state index in [4.69, 9.17) is 4.74 Å². The molecule has 13 heteroatoms. The number of halogens is 3. The molecule has 4 N–H and O–H groups in total. The minimum absolute atomic E-state index is 0.0972. The smallest absolute Gasteiger partial charge is 0.275 e. The number of anilines is 2. The predicted molar refractivity (Wildman–Crippen MR) is 157 cm³/mol. The molecule has 3 amide bonds. The lowest BCUT2D eigenvalue weighted by Gasteiger charge is -2.26. The van der Waals surface area contributed by atoms with Crippen LogP contribution in [-0.2, 0) is 4.74 Å². The zero-order chi connectivity index (χ0) is 31.1. The maximum absolute atomic E-state index is 15.7. The van der Waals surface area contributed by atoms with Gasteiger partial charge < -0.3 is 20.7 Å². The summed E-state index contributed by atoms with van der Waals surface area (Å²) in [5.74, 6) is -5.00. The van der Waals surface area contributed by atoms with Crippen LogP contribution in [-0.4, -0.2) is 72.2 Å². The third kappa shape index (κ3) is 7.30. The standard InChI is InChI=1S/C31H29F3N6O4/c32-21-5-7-22(8-6-21)37-31(43)28-25(18-36-39-28)38-30(42)26-24(33)10-9-23(27(26)34)19-3-1-4-20(17-19)29(41)35-11-2-12-40-13-15-44-16-14-40/h1,3-10,17-18H,2,11-16H2,(H,35,41)(H,36,39)(H,37,43)(H,38,42). The van der Waals surface area contributed by atoms with Crippen molar-refractivity contribution < 1.29 is 32.3 Å². The largest absolute Gasteiger partial charge is 0.379 e. The van der Waals surface area contributed by atoms with Crippen LogP contribution in [0.15, 0.2) is 66.9 Å². The Bertz CT molecular complexity index is 1650. The minimum Gasteiger partial charge on any atom is -0.379 e. The van der Waals surface area contributed by atoms with Crippen LogP contribution in [0.2, 0.25) is 0 Å². The van der Waals surface area contributed by atoms with Gasteiger partial charge in [0.15, 0.2) is 0 Å². The number of carbonyl (C=O) groups excluding carboxylic acids is 3. The van der Waals surface area contributed by atoms with Gasteiger partial charge in [-0.25, -0.2) is 13.2 Å². The van der Waals surface area contributed by atoms with Gasteiger partial charge in [0.2, 0.25) is 0 Å². The molecule has 0 bridgehead atoms. The minimum atomic E-state index is -1.16. The second kappa shape index (κ2) is 14.0. The molecule has 0 unspecified atom stereocenters. The van der Waals surface area contributed by atoms with Gasteiger partial charge in [-0.05, 0) is 67.1 Å². The first-order valence-electron chi connectivity index (χ1n) is 13.9. The van der Waals surface area contributed by atoms with Crippen molar-refractivity contribution in [1.29, 1.82) is 0 Å². The Morgan fingerprint density at radius 1 is 0.909 bits per heavy atom. The van der Waals surface area contributed by atoms with Crippen molar-refractivity contribution in [2.24, 2.45) is 0 Å². The number of aromatic amines is 1. The van der Waals surface area contributed by atoms with Crippen LogP contribution in [0.4, 0.5) is 24.5 Å². The van der Waals surface area contributed by atoms with Crippen LogP contribution < -0.4 is 16.0 Å². The Morgan fingerprint density at radius 2 is 1.68 bits per heavy atom. The van der Waals surface area contributed by atoms with Gasteiger partial charge in [0.25, 0.3) is 17.7 Å². The highest BCUT2D eigenvalue weighted by Crippen LogP contribution is 2.28. The molecule has 0 aliphatic carbocycles. The van der Waals surface area contributed by atoms with E-state index in [1.54, 1.807) is 18.2 Å². The van der Waals surface area contributed by atoms with Gasteiger partial charge in [0.1, 0.15) is 28.7 Å². The summed E-state index contributed by atoms with van der Waals surface area (Å²) >= 11 is 0. The van der Waals surface area contributed by atoms with Gasteiger partial charge in [0.05, 0.1) is 25.1 Å². The fourth-order valence-corrected chi connectivity index (χ4v) is 4.71. The number of amides is 3.